The van der Waals surface area contributed by atoms with E-state index in [-0.39, 0.29) is 23.5 Å². The normalized spacial score (nSPS) is 11.4. The SMILES string of the molecule is Cn1c(C(=O)NCCCC(C)(C)CO)cccc1=O. The predicted octanol–water partition coefficient (Wildman–Crippen LogP) is 0.914. The first-order chi connectivity index (χ1) is 8.87. The molecule has 1 heterocycles. The van der Waals surface area contributed by atoms with Gasteiger partial charge in [-0.1, -0.05) is 19.9 Å². The summed E-state index contributed by atoms with van der Waals surface area (Å²) in [5, 5.41) is 11.9. The fraction of sp³-hybridized carbons (Fsp3) is 0.571. The van der Waals surface area contributed by atoms with Crippen LogP contribution in [0.5, 0.6) is 0 Å². The van der Waals surface area contributed by atoms with Crippen molar-refractivity contribution in [3.05, 3.63) is 34.2 Å². The van der Waals surface area contributed by atoms with E-state index in [1.807, 2.05) is 13.8 Å². The van der Waals surface area contributed by atoms with Crippen LogP contribution in [-0.2, 0) is 7.05 Å². The maximum atomic E-state index is 11.9. The Morgan fingerprint density at radius 3 is 2.74 bits per heavy atom. The van der Waals surface area contributed by atoms with Crippen molar-refractivity contribution >= 4 is 5.91 Å². The maximum absolute atomic E-state index is 11.9. The first kappa shape index (κ1) is 15.4. The van der Waals surface area contributed by atoms with Crippen molar-refractivity contribution in [3.63, 3.8) is 0 Å². The quantitative estimate of drug-likeness (QED) is 0.752. The number of nitrogens with zero attached hydrogens (tertiary/aromatic N) is 1. The highest BCUT2D eigenvalue weighted by molar-refractivity contribution is 5.92. The van der Waals surface area contributed by atoms with Gasteiger partial charge in [0.25, 0.3) is 11.5 Å². The molecule has 0 spiro atoms. The van der Waals surface area contributed by atoms with Gasteiger partial charge in [0.2, 0.25) is 0 Å². The van der Waals surface area contributed by atoms with Gasteiger partial charge >= 0.3 is 0 Å². The summed E-state index contributed by atoms with van der Waals surface area (Å²) >= 11 is 0. The number of carbonyl (C=O) groups is 1. The summed E-state index contributed by atoms with van der Waals surface area (Å²) in [4.78, 5) is 23.3. The van der Waals surface area contributed by atoms with Crippen molar-refractivity contribution < 1.29 is 9.90 Å². The molecule has 0 aromatic carbocycles. The Kier molecular flexibility index (Phi) is 5.30. The molecule has 0 radical (unpaired) electrons. The zero-order chi connectivity index (χ0) is 14.5. The minimum Gasteiger partial charge on any atom is -0.396 e. The molecule has 0 aliphatic rings. The van der Waals surface area contributed by atoms with Gasteiger partial charge < -0.3 is 15.0 Å². The largest absolute Gasteiger partial charge is 0.396 e. The molecule has 19 heavy (non-hydrogen) atoms. The second-order valence-corrected chi connectivity index (χ2v) is 5.49. The van der Waals surface area contributed by atoms with Crippen LogP contribution in [0.25, 0.3) is 0 Å². The van der Waals surface area contributed by atoms with E-state index >= 15 is 0 Å². The van der Waals surface area contributed by atoms with E-state index in [0.717, 1.165) is 12.8 Å². The molecule has 0 aliphatic heterocycles. The lowest BCUT2D eigenvalue weighted by Crippen LogP contribution is -2.31. The van der Waals surface area contributed by atoms with Crippen LogP contribution in [0.4, 0.5) is 0 Å². The zero-order valence-electron chi connectivity index (χ0n) is 11.8. The Bertz CT molecular complexity index is 492. The summed E-state index contributed by atoms with van der Waals surface area (Å²) in [5.41, 5.74) is 0.0348. The molecule has 5 heteroatoms. The van der Waals surface area contributed by atoms with Gasteiger partial charge in [0.15, 0.2) is 0 Å². The number of hydrogen-bond acceptors (Lipinski definition) is 3. The molecule has 1 rings (SSSR count). The summed E-state index contributed by atoms with van der Waals surface area (Å²) < 4.78 is 1.33. The van der Waals surface area contributed by atoms with E-state index in [2.05, 4.69) is 5.32 Å². The third-order valence-electron chi connectivity index (χ3n) is 3.16. The molecule has 1 amide bonds. The molecule has 0 saturated heterocycles. The molecule has 1 aromatic rings. The molecule has 0 atom stereocenters. The lowest BCUT2D eigenvalue weighted by atomic mass is 9.89. The standard InChI is InChI=1S/C14H22N2O3/c1-14(2,10-17)8-5-9-15-13(19)11-6-4-7-12(18)16(11)3/h4,6-7,17H,5,8-10H2,1-3H3,(H,15,19). The summed E-state index contributed by atoms with van der Waals surface area (Å²) in [7, 11) is 1.58. The average molecular weight is 266 g/mol. The maximum Gasteiger partial charge on any atom is 0.267 e. The van der Waals surface area contributed by atoms with Crippen LogP contribution in [-0.4, -0.2) is 28.7 Å². The second-order valence-electron chi connectivity index (χ2n) is 5.49. The highest BCUT2D eigenvalue weighted by Gasteiger charge is 2.16. The monoisotopic (exact) mass is 266 g/mol. The van der Waals surface area contributed by atoms with Crippen molar-refractivity contribution in [2.45, 2.75) is 26.7 Å². The number of aliphatic hydroxyl groups excluding tert-OH is 1. The van der Waals surface area contributed by atoms with Crippen LogP contribution in [0.3, 0.4) is 0 Å². The average Bonchev–Trinajstić information content (AvgIpc) is 2.37. The molecule has 5 nitrogen and oxygen atoms in total. The van der Waals surface area contributed by atoms with Crippen molar-refractivity contribution in [1.29, 1.82) is 0 Å². The summed E-state index contributed by atoms with van der Waals surface area (Å²) in [6.45, 7) is 4.63. The van der Waals surface area contributed by atoms with Gasteiger partial charge in [-0.3, -0.25) is 9.59 Å². The van der Waals surface area contributed by atoms with Crippen LogP contribution in [0.15, 0.2) is 23.0 Å². The molecule has 0 bridgehead atoms. The Morgan fingerprint density at radius 2 is 2.11 bits per heavy atom. The molecule has 0 fully saturated rings. The van der Waals surface area contributed by atoms with E-state index in [4.69, 9.17) is 5.11 Å². The molecule has 106 valence electrons. The van der Waals surface area contributed by atoms with Gasteiger partial charge in [0, 0.05) is 26.3 Å². The van der Waals surface area contributed by atoms with Crippen LogP contribution in [0, 0.1) is 5.41 Å². The number of hydrogen-bond donors (Lipinski definition) is 2. The van der Waals surface area contributed by atoms with E-state index in [9.17, 15) is 9.59 Å². The minimum atomic E-state index is -0.248. The van der Waals surface area contributed by atoms with Gasteiger partial charge in [0.05, 0.1) is 0 Å². The lowest BCUT2D eigenvalue weighted by molar-refractivity contribution is 0.0939. The van der Waals surface area contributed by atoms with Gasteiger partial charge in [-0.2, -0.15) is 0 Å². The molecule has 0 unspecified atom stereocenters. The highest BCUT2D eigenvalue weighted by atomic mass is 16.3. The summed E-state index contributed by atoms with van der Waals surface area (Å²) in [6, 6.07) is 4.61. The topological polar surface area (TPSA) is 71.3 Å². The lowest BCUT2D eigenvalue weighted by Gasteiger charge is -2.21. The van der Waals surface area contributed by atoms with Crippen LogP contribution in [0.2, 0.25) is 0 Å². The zero-order valence-corrected chi connectivity index (χ0v) is 11.8. The second kappa shape index (κ2) is 6.52. The molecule has 1 aromatic heterocycles. The fourth-order valence-electron chi connectivity index (χ4n) is 1.73. The Labute approximate surface area is 113 Å². The Hall–Kier alpha value is -1.62. The molecule has 2 N–H and O–H groups in total. The van der Waals surface area contributed by atoms with Gasteiger partial charge in [-0.25, -0.2) is 0 Å². The van der Waals surface area contributed by atoms with E-state index in [1.165, 1.54) is 10.6 Å². The molecular formula is C14H22N2O3. The number of rotatable bonds is 6. The van der Waals surface area contributed by atoms with Crippen LogP contribution in [0.1, 0.15) is 37.2 Å². The van der Waals surface area contributed by atoms with Crippen molar-refractivity contribution in [2.24, 2.45) is 12.5 Å². The molecular weight excluding hydrogens is 244 g/mol. The molecule has 0 aliphatic carbocycles. The number of carbonyl (C=O) groups excluding carboxylic acids is 1. The van der Waals surface area contributed by atoms with Crippen molar-refractivity contribution in [3.8, 4) is 0 Å². The van der Waals surface area contributed by atoms with E-state index < -0.39 is 0 Å². The van der Waals surface area contributed by atoms with Crippen molar-refractivity contribution in [1.82, 2.24) is 9.88 Å². The van der Waals surface area contributed by atoms with E-state index in [1.54, 1.807) is 19.2 Å². The third kappa shape index (κ3) is 4.52. The first-order valence-electron chi connectivity index (χ1n) is 6.42. The fourth-order valence-corrected chi connectivity index (χ4v) is 1.73. The predicted molar refractivity (Wildman–Crippen MR) is 74.1 cm³/mol. The number of aromatic nitrogens is 1. The number of pyridine rings is 1. The highest BCUT2D eigenvalue weighted by Crippen LogP contribution is 2.20. The number of amides is 1. The minimum absolute atomic E-state index is 0.121. The first-order valence-corrected chi connectivity index (χ1v) is 6.42. The Balaban J connectivity index is 2.49. The van der Waals surface area contributed by atoms with Crippen LogP contribution >= 0.6 is 0 Å². The smallest absolute Gasteiger partial charge is 0.267 e. The van der Waals surface area contributed by atoms with Gasteiger partial charge in [0.1, 0.15) is 5.69 Å². The molecule has 0 saturated carbocycles. The van der Waals surface area contributed by atoms with E-state index in [0.29, 0.717) is 12.2 Å². The van der Waals surface area contributed by atoms with Crippen molar-refractivity contribution in [2.75, 3.05) is 13.2 Å². The Morgan fingerprint density at radius 1 is 1.42 bits per heavy atom. The number of nitrogens with one attached hydrogen (secondary N) is 1. The summed E-state index contributed by atoms with van der Waals surface area (Å²) in [5.74, 6) is -0.248. The van der Waals surface area contributed by atoms with Gasteiger partial charge in [-0.05, 0) is 24.3 Å². The summed E-state index contributed by atoms with van der Waals surface area (Å²) in [6.07, 6.45) is 1.62. The van der Waals surface area contributed by atoms with Gasteiger partial charge in [-0.15, -0.1) is 0 Å². The third-order valence-corrected chi connectivity index (χ3v) is 3.16. The van der Waals surface area contributed by atoms with Crippen LogP contribution < -0.4 is 10.9 Å². The number of aliphatic hydroxyl groups is 1.